The third-order valence-electron chi connectivity index (χ3n) is 2.98. The van der Waals surface area contributed by atoms with Gasteiger partial charge in [-0.3, -0.25) is 4.68 Å². The normalized spacial score (nSPS) is 12.9. The number of thiophene rings is 1. The molecule has 1 unspecified atom stereocenters. The van der Waals surface area contributed by atoms with Crippen LogP contribution in [0, 0.1) is 0 Å². The maximum Gasteiger partial charge on any atom is 0.134 e. The van der Waals surface area contributed by atoms with E-state index in [-0.39, 0.29) is 6.04 Å². The summed E-state index contributed by atoms with van der Waals surface area (Å²) in [6.45, 7) is 4.25. The van der Waals surface area contributed by atoms with Crippen molar-refractivity contribution in [3.8, 4) is 5.75 Å². The number of nitrogens with zero attached hydrogens (tertiary/aromatic N) is 2. The van der Waals surface area contributed by atoms with Crippen LogP contribution < -0.4 is 10.1 Å². The first-order chi connectivity index (χ1) is 9.10. The van der Waals surface area contributed by atoms with E-state index in [1.54, 1.807) is 18.4 Å². The molecular formula is C13H18BrN3OS. The van der Waals surface area contributed by atoms with Crippen LogP contribution >= 0.6 is 27.3 Å². The van der Waals surface area contributed by atoms with Gasteiger partial charge >= 0.3 is 0 Å². The van der Waals surface area contributed by atoms with E-state index in [1.807, 2.05) is 29.4 Å². The van der Waals surface area contributed by atoms with Gasteiger partial charge in [-0.15, -0.1) is 11.3 Å². The highest BCUT2D eigenvalue weighted by atomic mass is 79.9. The molecule has 2 rings (SSSR count). The van der Waals surface area contributed by atoms with Crippen molar-refractivity contribution in [1.29, 1.82) is 0 Å². The number of ether oxygens (including phenoxy) is 1. The summed E-state index contributed by atoms with van der Waals surface area (Å²) < 4.78 is 8.47. The van der Waals surface area contributed by atoms with Crippen LogP contribution in [0.5, 0.6) is 5.75 Å². The van der Waals surface area contributed by atoms with Crippen LogP contribution in [-0.4, -0.2) is 23.9 Å². The predicted molar refractivity (Wildman–Crippen MR) is 82.1 cm³/mol. The SMILES string of the molecule is CNC(c1sccc1OC)c1c(Br)cnn1C(C)C. The van der Waals surface area contributed by atoms with E-state index in [4.69, 9.17) is 4.74 Å². The Kier molecular flexibility index (Phi) is 4.65. The number of rotatable bonds is 5. The summed E-state index contributed by atoms with van der Waals surface area (Å²) in [5.41, 5.74) is 1.12. The van der Waals surface area contributed by atoms with Crippen LogP contribution in [0.25, 0.3) is 0 Å². The zero-order valence-electron chi connectivity index (χ0n) is 11.5. The molecule has 0 spiro atoms. The van der Waals surface area contributed by atoms with E-state index in [0.29, 0.717) is 6.04 Å². The molecule has 0 aliphatic heterocycles. The molecule has 0 radical (unpaired) electrons. The van der Waals surface area contributed by atoms with Gasteiger partial charge in [0.05, 0.1) is 34.4 Å². The summed E-state index contributed by atoms with van der Waals surface area (Å²) in [5.74, 6) is 0.910. The first-order valence-electron chi connectivity index (χ1n) is 6.11. The second-order valence-electron chi connectivity index (χ2n) is 4.49. The predicted octanol–water partition coefficient (Wildman–Crippen LogP) is 3.61. The van der Waals surface area contributed by atoms with Gasteiger partial charge in [-0.2, -0.15) is 5.10 Å². The largest absolute Gasteiger partial charge is 0.496 e. The third kappa shape index (κ3) is 2.70. The highest BCUT2D eigenvalue weighted by molar-refractivity contribution is 9.10. The lowest BCUT2D eigenvalue weighted by Crippen LogP contribution is -2.22. The van der Waals surface area contributed by atoms with Gasteiger partial charge in [-0.1, -0.05) is 0 Å². The zero-order valence-corrected chi connectivity index (χ0v) is 13.9. The third-order valence-corrected chi connectivity index (χ3v) is 4.55. The van der Waals surface area contributed by atoms with Crippen molar-refractivity contribution in [2.75, 3.05) is 14.2 Å². The number of aromatic nitrogens is 2. The van der Waals surface area contributed by atoms with Gasteiger partial charge in [0.25, 0.3) is 0 Å². The average Bonchev–Trinajstić information content (AvgIpc) is 2.98. The van der Waals surface area contributed by atoms with Gasteiger partial charge in [-0.05, 0) is 48.3 Å². The molecule has 104 valence electrons. The van der Waals surface area contributed by atoms with Crippen molar-refractivity contribution in [3.63, 3.8) is 0 Å². The maximum atomic E-state index is 5.43. The minimum Gasteiger partial charge on any atom is -0.496 e. The number of hydrogen-bond donors (Lipinski definition) is 1. The van der Waals surface area contributed by atoms with Gasteiger partial charge in [0.15, 0.2) is 0 Å². The van der Waals surface area contributed by atoms with Crippen molar-refractivity contribution < 1.29 is 4.74 Å². The standard InChI is InChI=1S/C13H18BrN3OS/c1-8(2)17-12(9(14)7-16-17)11(15-3)13-10(18-4)5-6-19-13/h5-8,11,15H,1-4H3. The molecule has 0 amide bonds. The van der Waals surface area contributed by atoms with Crippen molar-refractivity contribution in [3.05, 3.63) is 32.7 Å². The fraction of sp³-hybridized carbons (Fsp3) is 0.462. The van der Waals surface area contributed by atoms with Crippen molar-refractivity contribution in [2.24, 2.45) is 0 Å². The quantitative estimate of drug-likeness (QED) is 0.901. The van der Waals surface area contributed by atoms with Crippen LogP contribution in [0.3, 0.4) is 0 Å². The zero-order chi connectivity index (χ0) is 14.0. The topological polar surface area (TPSA) is 39.1 Å². The molecule has 6 heteroatoms. The van der Waals surface area contributed by atoms with E-state index in [1.165, 1.54) is 0 Å². The average molecular weight is 344 g/mol. The lowest BCUT2D eigenvalue weighted by atomic mass is 10.1. The smallest absolute Gasteiger partial charge is 0.134 e. The second kappa shape index (κ2) is 6.07. The molecule has 2 aromatic rings. The fourth-order valence-electron chi connectivity index (χ4n) is 2.11. The second-order valence-corrected chi connectivity index (χ2v) is 6.29. The Balaban J connectivity index is 2.51. The summed E-state index contributed by atoms with van der Waals surface area (Å²) in [6.07, 6.45) is 1.85. The Labute approximate surface area is 125 Å². The van der Waals surface area contributed by atoms with E-state index in [0.717, 1.165) is 20.8 Å². The molecule has 0 bridgehead atoms. The van der Waals surface area contributed by atoms with Crippen LogP contribution in [0.2, 0.25) is 0 Å². The van der Waals surface area contributed by atoms with Crippen LogP contribution in [0.1, 0.15) is 36.5 Å². The number of methoxy groups -OCH3 is 1. The van der Waals surface area contributed by atoms with Crippen LogP contribution in [-0.2, 0) is 0 Å². The summed E-state index contributed by atoms with van der Waals surface area (Å²) >= 11 is 5.28. The summed E-state index contributed by atoms with van der Waals surface area (Å²) in [4.78, 5) is 1.16. The van der Waals surface area contributed by atoms with Gasteiger partial charge in [-0.25, -0.2) is 0 Å². The summed E-state index contributed by atoms with van der Waals surface area (Å²) in [7, 11) is 3.65. The molecule has 0 saturated heterocycles. The van der Waals surface area contributed by atoms with Crippen molar-refractivity contribution in [1.82, 2.24) is 15.1 Å². The number of hydrogen-bond acceptors (Lipinski definition) is 4. The van der Waals surface area contributed by atoms with Gasteiger partial charge < -0.3 is 10.1 Å². The van der Waals surface area contributed by atoms with Crippen LogP contribution in [0.4, 0.5) is 0 Å². The Morgan fingerprint density at radius 3 is 2.79 bits per heavy atom. The molecule has 0 aromatic carbocycles. The van der Waals surface area contributed by atoms with Crippen molar-refractivity contribution >= 4 is 27.3 Å². The first-order valence-corrected chi connectivity index (χ1v) is 7.79. The molecule has 0 saturated carbocycles. The van der Waals surface area contributed by atoms with E-state index >= 15 is 0 Å². The molecule has 0 aliphatic rings. The lowest BCUT2D eigenvalue weighted by molar-refractivity contribution is 0.405. The monoisotopic (exact) mass is 343 g/mol. The maximum absolute atomic E-state index is 5.43. The first kappa shape index (κ1) is 14.6. The Bertz CT molecular complexity index is 550. The van der Waals surface area contributed by atoms with Crippen LogP contribution in [0.15, 0.2) is 22.1 Å². The molecule has 19 heavy (non-hydrogen) atoms. The van der Waals surface area contributed by atoms with Gasteiger partial charge in [0.1, 0.15) is 5.75 Å². The molecular weight excluding hydrogens is 326 g/mol. The molecule has 2 heterocycles. The Morgan fingerprint density at radius 1 is 1.47 bits per heavy atom. The Morgan fingerprint density at radius 2 is 2.21 bits per heavy atom. The molecule has 0 fully saturated rings. The fourth-order valence-corrected chi connectivity index (χ4v) is 3.59. The minimum atomic E-state index is 0.0641. The molecule has 4 nitrogen and oxygen atoms in total. The van der Waals surface area contributed by atoms with E-state index < -0.39 is 0 Å². The lowest BCUT2D eigenvalue weighted by Gasteiger charge is -2.20. The highest BCUT2D eigenvalue weighted by Gasteiger charge is 2.25. The molecule has 1 N–H and O–H groups in total. The highest BCUT2D eigenvalue weighted by Crippen LogP contribution is 2.37. The van der Waals surface area contributed by atoms with E-state index in [2.05, 4.69) is 40.2 Å². The number of halogens is 1. The van der Waals surface area contributed by atoms with Gasteiger partial charge in [0.2, 0.25) is 0 Å². The Hall–Kier alpha value is -0.850. The summed E-state index contributed by atoms with van der Waals surface area (Å²) in [5, 5.41) is 9.84. The molecule has 1 atom stereocenters. The van der Waals surface area contributed by atoms with E-state index in [9.17, 15) is 0 Å². The van der Waals surface area contributed by atoms with Gasteiger partial charge in [0, 0.05) is 6.04 Å². The van der Waals surface area contributed by atoms with Crippen molar-refractivity contribution in [2.45, 2.75) is 25.9 Å². The summed E-state index contributed by atoms with van der Waals surface area (Å²) in [6, 6.07) is 2.37. The molecule has 0 aliphatic carbocycles. The minimum absolute atomic E-state index is 0.0641. The molecule has 2 aromatic heterocycles. The number of nitrogens with one attached hydrogen (secondary N) is 1.